The number of aromatic nitrogens is 2. The fourth-order valence-corrected chi connectivity index (χ4v) is 4.41. The summed E-state index contributed by atoms with van der Waals surface area (Å²) in [6.07, 6.45) is 3.50. The lowest BCUT2D eigenvalue weighted by Gasteiger charge is -2.25. The maximum atomic E-state index is 6.57. The molecule has 0 unspecified atom stereocenters. The van der Waals surface area contributed by atoms with Crippen LogP contribution >= 0.6 is 23.2 Å². The van der Waals surface area contributed by atoms with Crippen LogP contribution in [0.5, 0.6) is 0 Å². The first-order chi connectivity index (χ1) is 11.8. The van der Waals surface area contributed by atoms with Gasteiger partial charge >= 0.3 is 0 Å². The van der Waals surface area contributed by atoms with Crippen molar-refractivity contribution in [2.75, 3.05) is 0 Å². The Bertz CT molecular complexity index is 812. The summed E-state index contributed by atoms with van der Waals surface area (Å²) < 4.78 is 0. The van der Waals surface area contributed by atoms with Gasteiger partial charge in [0.15, 0.2) is 0 Å². The summed E-state index contributed by atoms with van der Waals surface area (Å²) in [6, 6.07) is 1.95. The van der Waals surface area contributed by atoms with E-state index in [-0.39, 0.29) is 10.8 Å². The number of halogens is 2. The van der Waals surface area contributed by atoms with Gasteiger partial charge in [0.1, 0.15) is 5.15 Å². The number of aryl methyl sites for hydroxylation is 2. The van der Waals surface area contributed by atoms with E-state index in [1.807, 2.05) is 19.2 Å². The maximum Gasteiger partial charge on any atom is 0.132 e. The predicted octanol–water partition coefficient (Wildman–Crippen LogP) is 6.78. The van der Waals surface area contributed by atoms with E-state index in [9.17, 15) is 0 Å². The minimum absolute atomic E-state index is 0.0396. The van der Waals surface area contributed by atoms with Crippen molar-refractivity contribution in [1.29, 1.82) is 0 Å². The Morgan fingerprint density at radius 1 is 0.923 bits per heavy atom. The Morgan fingerprint density at radius 2 is 1.54 bits per heavy atom. The van der Waals surface area contributed by atoms with Gasteiger partial charge in [0.2, 0.25) is 0 Å². The molecule has 2 nitrogen and oxygen atoms in total. The Kier molecular flexibility index (Phi) is 6.09. The topological polar surface area (TPSA) is 25.8 Å². The molecule has 4 heteroatoms. The molecule has 0 saturated heterocycles. The molecule has 0 amide bonds. The van der Waals surface area contributed by atoms with Crippen LogP contribution in [0.4, 0.5) is 0 Å². The summed E-state index contributed by atoms with van der Waals surface area (Å²) >= 11 is 13.0. The predicted molar refractivity (Wildman–Crippen MR) is 113 cm³/mol. The Balaban J connectivity index is 2.45. The molecule has 0 N–H and O–H groups in total. The third-order valence-corrected chi connectivity index (χ3v) is 5.38. The number of hydrogen-bond donors (Lipinski definition) is 0. The van der Waals surface area contributed by atoms with Gasteiger partial charge < -0.3 is 0 Å². The average Bonchev–Trinajstić information content (AvgIpc) is 2.43. The number of pyridine rings is 2. The first kappa shape index (κ1) is 21.2. The molecule has 2 heterocycles. The normalized spacial score (nSPS) is 12.5. The molecule has 26 heavy (non-hydrogen) atoms. The average molecular weight is 393 g/mol. The van der Waals surface area contributed by atoms with E-state index >= 15 is 0 Å². The number of hydrogen-bond acceptors (Lipinski definition) is 2. The highest BCUT2D eigenvalue weighted by atomic mass is 35.5. The van der Waals surface area contributed by atoms with Crippen LogP contribution in [0.3, 0.4) is 0 Å². The van der Waals surface area contributed by atoms with E-state index in [4.69, 9.17) is 28.2 Å². The first-order valence-electron chi connectivity index (χ1n) is 9.13. The molecule has 0 saturated carbocycles. The van der Waals surface area contributed by atoms with Crippen molar-refractivity contribution in [3.8, 4) is 0 Å². The largest absolute Gasteiger partial charge is 0.258 e. The van der Waals surface area contributed by atoms with Crippen molar-refractivity contribution in [1.82, 2.24) is 9.97 Å². The highest BCUT2D eigenvalue weighted by Crippen LogP contribution is 2.34. The number of rotatable bonds is 3. The van der Waals surface area contributed by atoms with Gasteiger partial charge in [-0.3, -0.25) is 4.98 Å². The van der Waals surface area contributed by atoms with E-state index in [0.29, 0.717) is 5.15 Å². The summed E-state index contributed by atoms with van der Waals surface area (Å²) in [6.45, 7) is 17.3. The van der Waals surface area contributed by atoms with E-state index in [2.05, 4.69) is 53.5 Å². The molecule has 2 aromatic heterocycles. The lowest BCUT2D eigenvalue weighted by molar-refractivity contribution is 0.574. The Hall–Kier alpha value is -1.12. The second-order valence-corrected chi connectivity index (χ2v) is 9.90. The summed E-state index contributed by atoms with van der Waals surface area (Å²) in [4.78, 5) is 9.24. The van der Waals surface area contributed by atoms with Gasteiger partial charge in [-0.25, -0.2) is 4.98 Å². The summed E-state index contributed by atoms with van der Waals surface area (Å²) in [5.41, 5.74) is 6.69. The Morgan fingerprint density at radius 3 is 2.08 bits per heavy atom. The summed E-state index contributed by atoms with van der Waals surface area (Å²) in [5, 5.41) is 1.39. The second kappa shape index (κ2) is 7.48. The molecule has 0 atom stereocenters. The molecule has 0 fully saturated rings. The third kappa shape index (κ3) is 4.58. The fourth-order valence-electron chi connectivity index (χ4n) is 3.57. The van der Waals surface area contributed by atoms with Crippen molar-refractivity contribution < 1.29 is 0 Å². The molecule has 0 aromatic carbocycles. The molecular weight excluding hydrogens is 363 g/mol. The molecule has 0 bridgehead atoms. The van der Waals surface area contributed by atoms with Gasteiger partial charge in [0, 0.05) is 22.6 Å². The van der Waals surface area contributed by atoms with Crippen LogP contribution in [0.2, 0.25) is 10.2 Å². The van der Waals surface area contributed by atoms with E-state index in [0.717, 1.165) is 40.4 Å². The molecule has 2 rings (SSSR count). The van der Waals surface area contributed by atoms with Crippen molar-refractivity contribution in [2.45, 2.75) is 79.1 Å². The van der Waals surface area contributed by atoms with Gasteiger partial charge in [0.05, 0.1) is 0 Å². The van der Waals surface area contributed by atoms with Crippen LogP contribution in [0.1, 0.15) is 75.2 Å². The van der Waals surface area contributed by atoms with Crippen molar-refractivity contribution >= 4 is 23.2 Å². The highest BCUT2D eigenvalue weighted by molar-refractivity contribution is 6.31. The zero-order valence-electron chi connectivity index (χ0n) is 17.2. The molecule has 0 spiro atoms. The minimum Gasteiger partial charge on any atom is -0.258 e. The van der Waals surface area contributed by atoms with Gasteiger partial charge in [-0.1, -0.05) is 64.7 Å². The van der Waals surface area contributed by atoms with E-state index in [1.165, 1.54) is 11.1 Å². The first-order valence-corrected chi connectivity index (χ1v) is 9.89. The van der Waals surface area contributed by atoms with Crippen LogP contribution in [0.25, 0.3) is 0 Å². The molecule has 0 radical (unpaired) electrons. The molecule has 0 aliphatic rings. The van der Waals surface area contributed by atoms with Crippen LogP contribution in [0, 0.1) is 13.8 Å². The molecule has 0 aliphatic carbocycles. The monoisotopic (exact) mass is 392 g/mol. The minimum atomic E-state index is -0.0581. The second-order valence-electron chi connectivity index (χ2n) is 9.13. The van der Waals surface area contributed by atoms with Crippen LogP contribution < -0.4 is 0 Å². The van der Waals surface area contributed by atoms with Crippen LogP contribution in [0.15, 0.2) is 12.3 Å². The van der Waals surface area contributed by atoms with Gasteiger partial charge in [-0.2, -0.15) is 0 Å². The fraction of sp³-hybridized carbons (Fsp3) is 0.545. The summed E-state index contributed by atoms with van der Waals surface area (Å²) in [5.74, 6) is 0. The maximum absolute atomic E-state index is 6.57. The Labute approximate surface area is 168 Å². The van der Waals surface area contributed by atoms with Crippen LogP contribution in [-0.4, -0.2) is 9.97 Å². The van der Waals surface area contributed by atoms with Crippen molar-refractivity contribution in [3.63, 3.8) is 0 Å². The lowest BCUT2D eigenvalue weighted by atomic mass is 9.82. The van der Waals surface area contributed by atoms with Gasteiger partial charge in [0.25, 0.3) is 0 Å². The molecule has 0 aliphatic heterocycles. The molecular formula is C22H30Cl2N2. The third-order valence-electron chi connectivity index (χ3n) is 4.76. The van der Waals surface area contributed by atoms with Gasteiger partial charge in [-0.15, -0.1) is 0 Å². The lowest BCUT2D eigenvalue weighted by Crippen LogP contribution is -2.18. The zero-order valence-corrected chi connectivity index (χ0v) is 18.7. The smallest absolute Gasteiger partial charge is 0.132 e. The standard InChI is InChI=1S/C22H30Cl2N2/c1-13-11-17(23)19(22(6,7)8)18(26-13)10-9-15-14(2)16(21(3,4)5)12-25-20(15)24/h11-12H,9-10H2,1-8H3. The number of nitrogens with zero attached hydrogens (tertiary/aromatic N) is 2. The quantitative estimate of drug-likeness (QED) is 0.537. The highest BCUT2D eigenvalue weighted by Gasteiger charge is 2.24. The van der Waals surface area contributed by atoms with Crippen LogP contribution in [-0.2, 0) is 23.7 Å². The summed E-state index contributed by atoms with van der Waals surface area (Å²) in [7, 11) is 0. The van der Waals surface area contributed by atoms with Crippen molar-refractivity contribution in [2.24, 2.45) is 0 Å². The zero-order chi connectivity index (χ0) is 19.9. The van der Waals surface area contributed by atoms with E-state index < -0.39 is 0 Å². The SMILES string of the molecule is Cc1cc(Cl)c(C(C)(C)C)c(CCc2c(Cl)ncc(C(C)(C)C)c2C)n1. The van der Waals surface area contributed by atoms with E-state index in [1.54, 1.807) is 0 Å². The van der Waals surface area contributed by atoms with Crippen molar-refractivity contribution in [3.05, 3.63) is 56.1 Å². The molecule has 142 valence electrons. The molecule has 2 aromatic rings. The van der Waals surface area contributed by atoms with Gasteiger partial charge in [-0.05, 0) is 65.8 Å².